The molecular formula is C86H60N4O2. The lowest BCUT2D eigenvalue weighted by atomic mass is 9.62. The Labute approximate surface area is 534 Å². The molecular weight excluding hydrogens is 1120 g/mol. The highest BCUT2D eigenvalue weighted by atomic mass is 16.5. The van der Waals surface area contributed by atoms with Crippen LogP contribution in [0.25, 0.3) is 71.7 Å². The molecule has 0 unspecified atom stereocenters. The highest BCUT2D eigenvalue weighted by Crippen LogP contribution is 2.63. The summed E-state index contributed by atoms with van der Waals surface area (Å²) < 4.78 is 19.2. The van der Waals surface area contributed by atoms with Crippen molar-refractivity contribution in [3.63, 3.8) is 0 Å². The molecule has 4 heterocycles. The fourth-order valence-corrected chi connectivity index (χ4v) is 14.4. The van der Waals surface area contributed by atoms with Crippen LogP contribution in [0.4, 0.5) is 28.4 Å². The molecule has 6 nitrogen and oxygen atoms in total. The molecule has 2 aliphatic rings. The first-order chi connectivity index (χ1) is 45.5. The van der Waals surface area contributed by atoms with Crippen LogP contribution in [0.15, 0.2) is 346 Å². The number of hydrogen-bond acceptors (Lipinski definition) is 4. The number of allylic oxidation sites excluding steroid dienone is 4. The molecule has 0 saturated carbocycles. The van der Waals surface area contributed by atoms with Crippen molar-refractivity contribution in [2.75, 3.05) is 9.80 Å². The third-order valence-electron chi connectivity index (χ3n) is 18.4. The molecule has 2 aliphatic heterocycles. The number of nitrogens with zero attached hydrogens (tertiary/aromatic N) is 4. The minimum Gasteiger partial charge on any atom is -0.457 e. The summed E-state index contributed by atoms with van der Waals surface area (Å²) in [5, 5.41) is 4.64. The quantitative estimate of drug-likeness (QED) is 0.114. The van der Waals surface area contributed by atoms with E-state index in [9.17, 15) is 0 Å². The van der Waals surface area contributed by atoms with Crippen LogP contribution in [0.1, 0.15) is 34.7 Å². The van der Waals surface area contributed by atoms with Crippen LogP contribution < -0.4 is 19.3 Å². The van der Waals surface area contributed by atoms with Crippen molar-refractivity contribution in [3.8, 4) is 45.5 Å². The van der Waals surface area contributed by atoms with E-state index >= 15 is 0 Å². The van der Waals surface area contributed by atoms with Gasteiger partial charge in [-0.25, -0.2) is 0 Å². The van der Waals surface area contributed by atoms with Gasteiger partial charge in [0.25, 0.3) is 0 Å². The van der Waals surface area contributed by atoms with E-state index in [0.717, 1.165) is 146 Å². The first-order valence-electron chi connectivity index (χ1n) is 31.4. The second-order valence-electron chi connectivity index (χ2n) is 23.6. The highest BCUT2D eigenvalue weighted by Gasteiger charge is 2.51. The summed E-state index contributed by atoms with van der Waals surface area (Å²) in [7, 11) is 0. The van der Waals surface area contributed by atoms with E-state index in [1.165, 1.54) is 10.8 Å². The molecule has 17 rings (SSSR count). The Morgan fingerprint density at radius 3 is 1.38 bits per heavy atom. The maximum absolute atomic E-state index is 7.40. The van der Waals surface area contributed by atoms with E-state index in [4.69, 9.17) is 16.1 Å². The molecule has 0 amide bonds. The van der Waals surface area contributed by atoms with E-state index in [1.807, 2.05) is 6.07 Å². The van der Waals surface area contributed by atoms with Crippen molar-refractivity contribution >= 4 is 77.6 Å². The zero-order valence-corrected chi connectivity index (χ0v) is 50.6. The van der Waals surface area contributed by atoms with E-state index in [0.29, 0.717) is 0 Å². The molecule has 1 spiro atoms. The topological polar surface area (TPSA) is 34.8 Å². The third-order valence-corrected chi connectivity index (χ3v) is 18.4. The number of anilines is 5. The van der Waals surface area contributed by atoms with Crippen LogP contribution >= 0.6 is 0 Å². The van der Waals surface area contributed by atoms with Gasteiger partial charge >= 0.3 is 0 Å². The first kappa shape index (κ1) is 54.1. The van der Waals surface area contributed by atoms with Crippen molar-refractivity contribution in [2.45, 2.75) is 12.3 Å². The summed E-state index contributed by atoms with van der Waals surface area (Å²) in [6.07, 6.45) is 6.51. The summed E-state index contributed by atoms with van der Waals surface area (Å²) in [4.78, 5) is 4.80. The lowest BCUT2D eigenvalue weighted by molar-refractivity contribution is 0.399. The number of rotatable bonds is 12. The zero-order valence-electron chi connectivity index (χ0n) is 50.6. The molecule has 2 aromatic heterocycles. The van der Waals surface area contributed by atoms with Gasteiger partial charge in [-0.15, -0.1) is 0 Å². The fourth-order valence-electron chi connectivity index (χ4n) is 14.4. The number of hydrogen-bond donors (Lipinski definition) is 0. The second kappa shape index (κ2) is 22.2. The Balaban J connectivity index is 0.914. The standard InChI is InChI=1S/C86H60N4O2/c1-3-25-64(52-58(2)59-26-8-4-9-27-59)87(66-44-48-80-72(54-66)70-36-16-20-40-78(70)89(80)62-31-12-6-13-32-62)68-46-50-84-76(56-68)86(74-38-18-22-42-82(74)91-83-43-23-19-39-75(83)86)77-57-69(47-51-85(77)92-84)88(65-35-24-30-61(53-65)60-28-10-5-11-29-60)67-45-49-81-73(55-67)71-37-17-21-41-79(71)90(81)63-33-14-7-15-34-63/h3-57H,2H2,1H3/b25-3-,64-52+. The van der Waals surface area contributed by atoms with Gasteiger partial charge in [0.15, 0.2) is 0 Å². The molecule has 0 saturated heterocycles. The van der Waals surface area contributed by atoms with Crippen LogP contribution in [0.3, 0.4) is 0 Å². The number of fused-ring (bicyclic) bond motifs is 14. The smallest absolute Gasteiger partial charge is 0.132 e. The van der Waals surface area contributed by atoms with Crippen LogP contribution in [0, 0.1) is 0 Å². The molecule has 0 bridgehead atoms. The molecule has 15 aromatic rings. The second-order valence-corrected chi connectivity index (χ2v) is 23.6. The minimum atomic E-state index is -0.984. The van der Waals surface area contributed by atoms with Gasteiger partial charge in [0.2, 0.25) is 0 Å². The van der Waals surface area contributed by atoms with Gasteiger partial charge in [-0.2, -0.15) is 0 Å². The molecule has 0 radical (unpaired) electrons. The molecule has 0 atom stereocenters. The lowest BCUT2D eigenvalue weighted by Crippen LogP contribution is -2.37. The first-order valence-corrected chi connectivity index (χ1v) is 31.4. The molecule has 436 valence electrons. The Kier molecular flexibility index (Phi) is 13.0. The van der Waals surface area contributed by atoms with Crippen molar-refractivity contribution in [1.82, 2.24) is 9.13 Å². The summed E-state index contributed by atoms with van der Waals surface area (Å²) in [5.74, 6) is 3.06. The maximum Gasteiger partial charge on any atom is 0.132 e. The van der Waals surface area contributed by atoms with Crippen molar-refractivity contribution in [3.05, 3.63) is 374 Å². The molecule has 0 fully saturated rings. The molecule has 6 heteroatoms. The van der Waals surface area contributed by atoms with Crippen molar-refractivity contribution in [2.24, 2.45) is 0 Å². The van der Waals surface area contributed by atoms with Crippen molar-refractivity contribution < 1.29 is 9.47 Å². The molecule has 0 aliphatic carbocycles. The predicted octanol–water partition coefficient (Wildman–Crippen LogP) is 22.9. The molecule has 92 heavy (non-hydrogen) atoms. The Morgan fingerprint density at radius 1 is 0.359 bits per heavy atom. The third kappa shape index (κ3) is 8.79. The predicted molar refractivity (Wildman–Crippen MR) is 381 cm³/mol. The van der Waals surface area contributed by atoms with Crippen molar-refractivity contribution in [1.29, 1.82) is 0 Å². The monoisotopic (exact) mass is 1180 g/mol. The van der Waals surface area contributed by atoms with Gasteiger partial charge in [-0.05, 0) is 175 Å². The van der Waals surface area contributed by atoms with E-state index in [2.05, 4.69) is 353 Å². The zero-order chi connectivity index (χ0) is 61.3. The summed E-state index contributed by atoms with van der Waals surface area (Å²) in [6, 6.07) is 113. The molecule has 13 aromatic carbocycles. The Bertz CT molecular complexity index is 5400. The van der Waals surface area contributed by atoms with Crippen LogP contribution in [0.5, 0.6) is 23.0 Å². The highest BCUT2D eigenvalue weighted by molar-refractivity contribution is 6.12. The molecule has 0 N–H and O–H groups in total. The van der Waals surface area contributed by atoms with Gasteiger partial charge < -0.3 is 28.4 Å². The summed E-state index contributed by atoms with van der Waals surface area (Å²) >= 11 is 0. The Hall–Kier alpha value is -12.1. The normalized spacial score (nSPS) is 12.9. The number of aromatic nitrogens is 2. The SMILES string of the molecule is C=C(/C=C(\C=C/C)N(c1ccc2c(c1)C1(c3ccccc3Oc3ccccc31)c1cc(N(c3cccc(-c4ccccc4)c3)c3ccc4c(c3)c3ccccc3n4-c3ccccc3)ccc1O2)c1ccc2c(c1)c1ccccc1n2-c1ccccc1)c1ccccc1. The van der Waals surface area contributed by atoms with Gasteiger partial charge in [-0.3, -0.25) is 0 Å². The van der Waals surface area contributed by atoms with Gasteiger partial charge in [0.1, 0.15) is 23.0 Å². The van der Waals surface area contributed by atoms with E-state index in [1.54, 1.807) is 0 Å². The van der Waals surface area contributed by atoms with Gasteiger partial charge in [0.05, 0.1) is 27.5 Å². The number of para-hydroxylation sites is 6. The van der Waals surface area contributed by atoms with Gasteiger partial charge in [-0.1, -0.05) is 195 Å². The summed E-state index contributed by atoms with van der Waals surface area (Å²) in [5.41, 5.74) is 19.8. The maximum atomic E-state index is 7.40. The van der Waals surface area contributed by atoms with Gasteiger partial charge in [0, 0.05) is 89.3 Å². The van der Waals surface area contributed by atoms with E-state index in [-0.39, 0.29) is 0 Å². The summed E-state index contributed by atoms with van der Waals surface area (Å²) in [6.45, 7) is 6.79. The van der Waals surface area contributed by atoms with Crippen LogP contribution in [0.2, 0.25) is 0 Å². The van der Waals surface area contributed by atoms with E-state index < -0.39 is 5.41 Å². The lowest BCUT2D eigenvalue weighted by Gasteiger charge is -2.45. The fraction of sp³-hybridized carbons (Fsp3) is 0.0233. The largest absolute Gasteiger partial charge is 0.457 e. The number of ether oxygens (including phenoxy) is 2. The average Bonchev–Trinajstić information content (AvgIpc) is 0.918. The minimum absolute atomic E-state index is 0.750. The van der Waals surface area contributed by atoms with Crippen LogP contribution in [-0.2, 0) is 5.41 Å². The average molecular weight is 1180 g/mol. The Morgan fingerprint density at radius 2 is 0.783 bits per heavy atom. The number of benzene rings is 13. The van der Waals surface area contributed by atoms with Crippen LogP contribution in [-0.4, -0.2) is 9.13 Å².